The van der Waals surface area contributed by atoms with E-state index in [0.717, 1.165) is 11.3 Å². The van der Waals surface area contributed by atoms with Gasteiger partial charge in [0.2, 0.25) is 0 Å². The first-order valence-electron chi connectivity index (χ1n) is 7.72. The molecule has 0 saturated heterocycles. The van der Waals surface area contributed by atoms with Crippen LogP contribution < -0.4 is 20.1 Å². The third-order valence-electron chi connectivity index (χ3n) is 3.31. The van der Waals surface area contributed by atoms with E-state index < -0.39 is 0 Å². The molecule has 0 fully saturated rings. The van der Waals surface area contributed by atoms with Crippen LogP contribution in [-0.2, 0) is 6.42 Å². The molecule has 0 aliphatic heterocycles. The van der Waals surface area contributed by atoms with Crippen molar-refractivity contribution < 1.29 is 14.3 Å². The molecule has 24 heavy (non-hydrogen) atoms. The lowest BCUT2D eigenvalue weighted by atomic mass is 10.1. The second-order valence-corrected chi connectivity index (χ2v) is 5.50. The number of nitrogens with one attached hydrogen (secondary N) is 2. The summed E-state index contributed by atoms with van der Waals surface area (Å²) in [6.45, 7) is 3.01. The van der Waals surface area contributed by atoms with Gasteiger partial charge in [-0.1, -0.05) is 23.7 Å². The van der Waals surface area contributed by atoms with E-state index in [-0.39, 0.29) is 6.03 Å². The van der Waals surface area contributed by atoms with Crippen molar-refractivity contribution in [2.24, 2.45) is 0 Å². The summed E-state index contributed by atoms with van der Waals surface area (Å²) in [6, 6.07) is 12.5. The average molecular weight is 349 g/mol. The maximum atomic E-state index is 11.9. The van der Waals surface area contributed by atoms with Gasteiger partial charge in [-0.3, -0.25) is 0 Å². The van der Waals surface area contributed by atoms with Crippen molar-refractivity contribution in [1.29, 1.82) is 0 Å². The number of halogens is 1. The number of amides is 2. The number of ether oxygens (including phenoxy) is 2. The fourth-order valence-electron chi connectivity index (χ4n) is 2.20. The van der Waals surface area contributed by atoms with Gasteiger partial charge in [0.05, 0.1) is 13.7 Å². The molecule has 128 valence electrons. The Labute approximate surface area is 146 Å². The van der Waals surface area contributed by atoms with Crippen LogP contribution in [0.25, 0.3) is 0 Å². The first-order chi connectivity index (χ1) is 11.6. The van der Waals surface area contributed by atoms with Gasteiger partial charge >= 0.3 is 6.03 Å². The maximum Gasteiger partial charge on any atom is 0.319 e. The Hall–Kier alpha value is -2.40. The van der Waals surface area contributed by atoms with Crippen molar-refractivity contribution in [3.63, 3.8) is 0 Å². The summed E-state index contributed by atoms with van der Waals surface area (Å²) in [5, 5.41) is 6.13. The fourth-order valence-corrected chi connectivity index (χ4v) is 2.39. The SMILES string of the molecule is CCOc1ccc(CCNC(=O)Nc2cccc(Cl)c2)cc1OC. The first kappa shape index (κ1) is 17.9. The van der Waals surface area contributed by atoms with Gasteiger partial charge in [-0.2, -0.15) is 0 Å². The predicted molar refractivity (Wildman–Crippen MR) is 96.3 cm³/mol. The van der Waals surface area contributed by atoms with Crippen LogP contribution in [0.15, 0.2) is 42.5 Å². The molecule has 2 amide bonds. The number of methoxy groups -OCH3 is 1. The number of anilines is 1. The van der Waals surface area contributed by atoms with Gasteiger partial charge in [0.25, 0.3) is 0 Å². The van der Waals surface area contributed by atoms with E-state index in [1.807, 2.05) is 25.1 Å². The Bertz CT molecular complexity index is 692. The monoisotopic (exact) mass is 348 g/mol. The highest BCUT2D eigenvalue weighted by atomic mass is 35.5. The quantitative estimate of drug-likeness (QED) is 0.791. The Morgan fingerprint density at radius 2 is 2.00 bits per heavy atom. The zero-order valence-electron chi connectivity index (χ0n) is 13.8. The summed E-state index contributed by atoms with van der Waals surface area (Å²) in [6.07, 6.45) is 0.686. The fraction of sp³-hybridized carbons (Fsp3) is 0.278. The number of carbonyl (C=O) groups is 1. The van der Waals surface area contributed by atoms with E-state index in [1.165, 1.54) is 0 Å². The molecule has 0 radical (unpaired) electrons. The second kappa shape index (κ2) is 9.03. The summed E-state index contributed by atoms with van der Waals surface area (Å²) in [7, 11) is 1.61. The third-order valence-corrected chi connectivity index (χ3v) is 3.54. The second-order valence-electron chi connectivity index (χ2n) is 5.06. The molecule has 0 spiro atoms. The van der Waals surface area contributed by atoms with Crippen molar-refractivity contribution >= 4 is 23.3 Å². The van der Waals surface area contributed by atoms with Crippen molar-refractivity contribution in [2.75, 3.05) is 25.6 Å². The van der Waals surface area contributed by atoms with Crippen LogP contribution in [0.1, 0.15) is 12.5 Å². The Balaban J connectivity index is 1.84. The van der Waals surface area contributed by atoms with Gasteiger partial charge in [-0.05, 0) is 49.2 Å². The van der Waals surface area contributed by atoms with Gasteiger partial charge in [0.1, 0.15) is 0 Å². The molecule has 6 heteroatoms. The molecule has 0 atom stereocenters. The molecule has 2 N–H and O–H groups in total. The number of carbonyl (C=O) groups excluding carboxylic acids is 1. The summed E-state index contributed by atoms with van der Waals surface area (Å²) in [5.74, 6) is 1.41. The zero-order chi connectivity index (χ0) is 17.4. The molecular formula is C18H21ClN2O3. The van der Waals surface area contributed by atoms with Crippen LogP contribution in [-0.4, -0.2) is 26.3 Å². The molecule has 2 aromatic rings. The Morgan fingerprint density at radius 3 is 2.71 bits per heavy atom. The smallest absolute Gasteiger partial charge is 0.319 e. The molecule has 0 bridgehead atoms. The number of benzene rings is 2. The predicted octanol–water partition coefficient (Wildman–Crippen LogP) is 4.11. The molecular weight excluding hydrogens is 328 g/mol. The first-order valence-corrected chi connectivity index (χ1v) is 8.10. The minimum Gasteiger partial charge on any atom is -0.493 e. The van der Waals surface area contributed by atoms with E-state index in [2.05, 4.69) is 10.6 Å². The highest BCUT2D eigenvalue weighted by Crippen LogP contribution is 2.28. The largest absolute Gasteiger partial charge is 0.493 e. The summed E-state index contributed by atoms with van der Waals surface area (Å²) in [5.41, 5.74) is 1.71. The summed E-state index contributed by atoms with van der Waals surface area (Å²) >= 11 is 5.88. The highest BCUT2D eigenvalue weighted by Gasteiger charge is 2.06. The van der Waals surface area contributed by atoms with E-state index in [9.17, 15) is 4.79 Å². The van der Waals surface area contributed by atoms with Crippen LogP contribution in [0.4, 0.5) is 10.5 Å². The number of hydrogen-bond acceptors (Lipinski definition) is 3. The van der Waals surface area contributed by atoms with Crippen molar-refractivity contribution in [3.05, 3.63) is 53.1 Å². The van der Waals surface area contributed by atoms with Crippen LogP contribution in [0, 0.1) is 0 Å². The van der Waals surface area contributed by atoms with Crippen LogP contribution >= 0.6 is 11.6 Å². The van der Waals surface area contributed by atoms with Crippen LogP contribution in [0.2, 0.25) is 5.02 Å². The summed E-state index contributed by atoms with van der Waals surface area (Å²) in [4.78, 5) is 11.9. The molecule has 2 rings (SSSR count). The summed E-state index contributed by atoms with van der Waals surface area (Å²) < 4.78 is 10.8. The zero-order valence-corrected chi connectivity index (χ0v) is 14.5. The van der Waals surface area contributed by atoms with E-state index >= 15 is 0 Å². The van der Waals surface area contributed by atoms with Gasteiger partial charge in [-0.15, -0.1) is 0 Å². The van der Waals surface area contributed by atoms with Gasteiger partial charge in [0.15, 0.2) is 11.5 Å². The van der Waals surface area contributed by atoms with E-state index in [4.69, 9.17) is 21.1 Å². The molecule has 0 aliphatic rings. The number of rotatable bonds is 7. The van der Waals surface area contributed by atoms with Gasteiger partial charge in [-0.25, -0.2) is 4.79 Å². The number of urea groups is 1. The lowest BCUT2D eigenvalue weighted by molar-refractivity contribution is 0.252. The van der Waals surface area contributed by atoms with E-state index in [1.54, 1.807) is 31.4 Å². The standard InChI is InChI=1S/C18H21ClN2O3/c1-3-24-16-8-7-13(11-17(16)23-2)9-10-20-18(22)21-15-6-4-5-14(19)12-15/h4-8,11-12H,3,9-10H2,1-2H3,(H2,20,21,22). The normalized spacial score (nSPS) is 10.1. The molecule has 0 unspecified atom stereocenters. The van der Waals surface area contributed by atoms with E-state index in [0.29, 0.717) is 36.0 Å². The molecule has 5 nitrogen and oxygen atoms in total. The minimum absolute atomic E-state index is 0.268. The molecule has 0 heterocycles. The lowest BCUT2D eigenvalue weighted by Crippen LogP contribution is -2.30. The van der Waals surface area contributed by atoms with Crippen molar-refractivity contribution in [3.8, 4) is 11.5 Å². The molecule has 0 aromatic heterocycles. The van der Waals surface area contributed by atoms with Crippen molar-refractivity contribution in [2.45, 2.75) is 13.3 Å². The third kappa shape index (κ3) is 5.35. The Kier molecular flexibility index (Phi) is 6.75. The number of hydrogen-bond donors (Lipinski definition) is 2. The molecule has 0 aliphatic carbocycles. The van der Waals surface area contributed by atoms with Crippen LogP contribution in [0.5, 0.6) is 11.5 Å². The lowest BCUT2D eigenvalue weighted by Gasteiger charge is -2.11. The topological polar surface area (TPSA) is 59.6 Å². The van der Waals surface area contributed by atoms with Crippen LogP contribution in [0.3, 0.4) is 0 Å². The van der Waals surface area contributed by atoms with Crippen molar-refractivity contribution in [1.82, 2.24) is 5.32 Å². The van der Waals surface area contributed by atoms with Gasteiger partial charge in [0, 0.05) is 17.3 Å². The minimum atomic E-state index is -0.268. The molecule has 0 saturated carbocycles. The van der Waals surface area contributed by atoms with Gasteiger partial charge < -0.3 is 20.1 Å². The molecule has 2 aromatic carbocycles. The average Bonchev–Trinajstić information content (AvgIpc) is 2.56. The maximum absolute atomic E-state index is 11.9. The Morgan fingerprint density at radius 1 is 1.17 bits per heavy atom. The highest BCUT2D eigenvalue weighted by molar-refractivity contribution is 6.30.